The molecule has 5 rings (SSSR count). The van der Waals surface area contributed by atoms with E-state index in [9.17, 15) is 18.3 Å². The Kier molecular flexibility index (Phi) is 8.54. The van der Waals surface area contributed by atoms with Crippen LogP contribution in [-0.4, -0.2) is 115 Å². The first-order valence-electron chi connectivity index (χ1n) is 14.8. The fourth-order valence-electron chi connectivity index (χ4n) is 8.07. The largest absolute Gasteiger partial charge is 0.396 e. The van der Waals surface area contributed by atoms with E-state index in [-0.39, 0.29) is 41.7 Å². The molecule has 1 amide bonds. The lowest BCUT2D eigenvalue weighted by Gasteiger charge is -2.43. The normalized spacial score (nSPS) is 38.8. The van der Waals surface area contributed by atoms with Crippen molar-refractivity contribution in [3.05, 3.63) is 0 Å². The summed E-state index contributed by atoms with van der Waals surface area (Å²) in [6, 6.07) is 0.843. The first-order chi connectivity index (χ1) is 17.7. The van der Waals surface area contributed by atoms with Gasteiger partial charge in [-0.3, -0.25) is 10.2 Å². The van der Waals surface area contributed by atoms with Crippen LogP contribution in [0.4, 0.5) is 0 Å². The molecule has 1 aliphatic carbocycles. The number of likely N-dealkylation sites (tertiary alicyclic amines) is 1. The topological polar surface area (TPSA) is 96.4 Å². The summed E-state index contributed by atoms with van der Waals surface area (Å²) in [6.07, 6.45) is 8.40. The number of hydrazine groups is 1. The predicted octanol–water partition coefficient (Wildman–Crippen LogP) is 1.35. The van der Waals surface area contributed by atoms with Crippen LogP contribution in [0.2, 0.25) is 0 Å². The third-order valence-electron chi connectivity index (χ3n) is 10.5. The molecule has 4 heterocycles. The Labute approximate surface area is 223 Å². The second-order valence-corrected chi connectivity index (χ2v) is 15.0. The van der Waals surface area contributed by atoms with Crippen molar-refractivity contribution in [2.24, 2.45) is 23.7 Å². The lowest BCUT2D eigenvalue weighted by molar-refractivity contribution is -0.136. The average Bonchev–Trinajstić information content (AvgIpc) is 3.52. The van der Waals surface area contributed by atoms with Gasteiger partial charge >= 0.3 is 0 Å². The summed E-state index contributed by atoms with van der Waals surface area (Å²) >= 11 is 0. The van der Waals surface area contributed by atoms with Gasteiger partial charge in [-0.25, -0.2) is 17.7 Å². The molecule has 4 saturated heterocycles. The third-order valence-corrected chi connectivity index (χ3v) is 12.9. The maximum Gasteiger partial charge on any atom is 0.228 e. The zero-order valence-electron chi connectivity index (χ0n) is 23.1. The van der Waals surface area contributed by atoms with E-state index < -0.39 is 10.0 Å². The SMILES string of the molecule is CC1NN2CCC(C3CCN(S(=O)(=O)C4CCC(N(C)C)CC4)CC3)CC2C1C(=O)N1CCC(CO)C1. The minimum atomic E-state index is -3.22. The van der Waals surface area contributed by atoms with Crippen molar-refractivity contribution in [3.63, 3.8) is 0 Å². The van der Waals surface area contributed by atoms with E-state index in [4.69, 9.17) is 0 Å². The zero-order valence-corrected chi connectivity index (χ0v) is 23.9. The minimum absolute atomic E-state index is 0.0435. The van der Waals surface area contributed by atoms with E-state index in [1.807, 2.05) is 4.90 Å². The van der Waals surface area contributed by atoms with Gasteiger partial charge in [-0.2, -0.15) is 0 Å². The standard InChI is InChI=1S/C27H49N5O4S/c1-19-26(27(34)30-12-8-20(17-30)18-33)25-16-22(11-15-32(25)28-19)21-9-13-31(14-10-21)37(35,36)24-6-4-23(5-7-24)29(2)3/h19-26,28,33H,4-18H2,1-3H3. The van der Waals surface area contributed by atoms with Gasteiger partial charge in [-0.05, 0) is 90.6 Å². The molecular weight excluding hydrogens is 490 g/mol. The monoisotopic (exact) mass is 539 g/mol. The van der Waals surface area contributed by atoms with Crippen LogP contribution in [0.25, 0.3) is 0 Å². The second kappa shape index (κ2) is 11.4. The molecule has 5 atom stereocenters. The lowest BCUT2D eigenvalue weighted by Crippen LogP contribution is -2.50. The van der Waals surface area contributed by atoms with E-state index in [2.05, 4.69) is 36.4 Å². The molecular formula is C27H49N5O4S. The van der Waals surface area contributed by atoms with Gasteiger partial charge in [0.2, 0.25) is 15.9 Å². The third kappa shape index (κ3) is 5.61. The molecule has 5 unspecified atom stereocenters. The number of amides is 1. The molecule has 9 nitrogen and oxygen atoms in total. The van der Waals surface area contributed by atoms with Gasteiger partial charge in [0, 0.05) is 63.4 Å². The summed E-state index contributed by atoms with van der Waals surface area (Å²) in [5, 5.41) is 11.6. The highest BCUT2D eigenvalue weighted by atomic mass is 32.2. The number of aliphatic hydroxyl groups is 1. The predicted molar refractivity (Wildman–Crippen MR) is 144 cm³/mol. The molecule has 212 valence electrons. The van der Waals surface area contributed by atoms with Crippen LogP contribution in [0.15, 0.2) is 0 Å². The molecule has 1 saturated carbocycles. The quantitative estimate of drug-likeness (QED) is 0.526. The van der Waals surface area contributed by atoms with Crippen molar-refractivity contribution in [1.82, 2.24) is 24.5 Å². The second-order valence-electron chi connectivity index (χ2n) is 12.8. The first kappa shape index (κ1) is 27.8. The number of aliphatic hydroxyl groups excluding tert-OH is 1. The Morgan fingerprint density at radius 1 is 0.946 bits per heavy atom. The summed E-state index contributed by atoms with van der Waals surface area (Å²) in [7, 11) is 0.965. The van der Waals surface area contributed by atoms with Crippen molar-refractivity contribution in [1.29, 1.82) is 0 Å². The van der Waals surface area contributed by atoms with Crippen LogP contribution in [0.3, 0.4) is 0 Å². The number of nitrogens with one attached hydrogen (secondary N) is 1. The maximum absolute atomic E-state index is 13.5. The molecule has 0 radical (unpaired) electrons. The number of piperidine rings is 2. The van der Waals surface area contributed by atoms with Crippen molar-refractivity contribution in [2.75, 3.05) is 53.4 Å². The Bertz CT molecular complexity index is 900. The van der Waals surface area contributed by atoms with Gasteiger partial charge < -0.3 is 14.9 Å². The first-order valence-corrected chi connectivity index (χ1v) is 16.3. The molecule has 0 bridgehead atoms. The van der Waals surface area contributed by atoms with Gasteiger partial charge in [0.25, 0.3) is 0 Å². The highest BCUT2D eigenvalue weighted by molar-refractivity contribution is 7.89. The number of carbonyl (C=O) groups excluding carboxylic acids is 1. The minimum Gasteiger partial charge on any atom is -0.396 e. The van der Waals surface area contributed by atoms with Crippen LogP contribution in [-0.2, 0) is 14.8 Å². The molecule has 10 heteroatoms. The molecule has 0 aromatic carbocycles. The van der Waals surface area contributed by atoms with Crippen LogP contribution in [0, 0.1) is 23.7 Å². The molecule has 0 aromatic heterocycles. The Hall–Kier alpha value is -0.780. The lowest BCUT2D eigenvalue weighted by atomic mass is 9.74. The number of fused-ring (bicyclic) bond motifs is 1. The van der Waals surface area contributed by atoms with Crippen LogP contribution in [0.1, 0.15) is 64.7 Å². The molecule has 4 aliphatic heterocycles. The number of sulfonamides is 1. The number of hydrogen-bond acceptors (Lipinski definition) is 7. The fraction of sp³-hybridized carbons (Fsp3) is 0.963. The Morgan fingerprint density at radius 2 is 1.62 bits per heavy atom. The molecule has 0 spiro atoms. The Morgan fingerprint density at radius 3 is 2.24 bits per heavy atom. The van der Waals surface area contributed by atoms with Crippen LogP contribution < -0.4 is 5.43 Å². The summed E-state index contributed by atoms with van der Waals surface area (Å²) in [6.45, 7) is 5.98. The van der Waals surface area contributed by atoms with Gasteiger partial charge in [-0.15, -0.1) is 0 Å². The summed E-state index contributed by atoms with van der Waals surface area (Å²) in [5.74, 6) is 1.50. The summed E-state index contributed by atoms with van der Waals surface area (Å²) in [4.78, 5) is 17.7. The average molecular weight is 540 g/mol. The van der Waals surface area contributed by atoms with Crippen molar-refractivity contribution in [3.8, 4) is 0 Å². The maximum atomic E-state index is 13.5. The number of hydrogen-bond donors (Lipinski definition) is 2. The number of rotatable bonds is 6. The summed E-state index contributed by atoms with van der Waals surface area (Å²) < 4.78 is 28.6. The van der Waals surface area contributed by atoms with Crippen LogP contribution in [0.5, 0.6) is 0 Å². The van der Waals surface area contributed by atoms with Gasteiger partial charge in [0.15, 0.2) is 0 Å². The summed E-state index contributed by atoms with van der Waals surface area (Å²) in [5.41, 5.74) is 3.58. The molecule has 37 heavy (non-hydrogen) atoms. The number of nitrogens with zero attached hydrogens (tertiary/aromatic N) is 4. The molecule has 5 fully saturated rings. The number of carbonyl (C=O) groups is 1. The Balaban J connectivity index is 1.16. The highest BCUT2D eigenvalue weighted by Gasteiger charge is 2.49. The smallest absolute Gasteiger partial charge is 0.228 e. The van der Waals surface area contributed by atoms with Crippen molar-refractivity contribution in [2.45, 2.75) is 88.1 Å². The van der Waals surface area contributed by atoms with Crippen LogP contribution >= 0.6 is 0 Å². The zero-order chi connectivity index (χ0) is 26.3. The van der Waals surface area contributed by atoms with E-state index in [1.165, 1.54) is 0 Å². The fourth-order valence-corrected chi connectivity index (χ4v) is 10.1. The van der Waals surface area contributed by atoms with Gasteiger partial charge in [-0.1, -0.05) is 0 Å². The van der Waals surface area contributed by atoms with E-state index in [0.29, 0.717) is 37.5 Å². The van der Waals surface area contributed by atoms with Crippen molar-refractivity contribution < 1.29 is 18.3 Å². The van der Waals surface area contributed by atoms with E-state index >= 15 is 0 Å². The van der Waals surface area contributed by atoms with Gasteiger partial charge in [0.1, 0.15) is 0 Å². The molecule has 0 aromatic rings. The molecule has 5 aliphatic rings. The molecule has 2 N–H and O–H groups in total. The van der Waals surface area contributed by atoms with Crippen molar-refractivity contribution >= 4 is 15.9 Å². The van der Waals surface area contributed by atoms with Gasteiger partial charge in [0.05, 0.1) is 11.2 Å². The highest BCUT2D eigenvalue weighted by Crippen LogP contribution is 2.41. The van der Waals surface area contributed by atoms with E-state index in [0.717, 1.165) is 70.9 Å². The van der Waals surface area contributed by atoms with E-state index in [1.54, 1.807) is 4.31 Å².